The Kier molecular flexibility index (Phi) is 4.75. The molecule has 1 aliphatic carbocycles. The molecule has 3 rings (SSSR count). The van der Waals surface area contributed by atoms with Crippen LogP contribution in [-0.4, -0.2) is 45.3 Å². The first kappa shape index (κ1) is 14.8. The Hall–Kier alpha value is -1.14. The van der Waals surface area contributed by atoms with E-state index in [9.17, 15) is 5.11 Å². The molecule has 7 heteroatoms. The molecule has 2 atom stereocenters. The summed E-state index contributed by atoms with van der Waals surface area (Å²) in [5.74, 6) is 1.11. The van der Waals surface area contributed by atoms with Gasteiger partial charge in [0.1, 0.15) is 0 Å². The lowest BCUT2D eigenvalue weighted by molar-refractivity contribution is 0.144. The lowest BCUT2D eigenvalue weighted by atomic mass is 10.1. The number of aromatic nitrogens is 3. The van der Waals surface area contributed by atoms with Crippen LogP contribution in [0.4, 0.5) is 11.9 Å². The number of nitrogens with one attached hydrogen (secondary N) is 1. The molecule has 1 saturated carbocycles. The molecular formula is C14H22ClN5O. The smallest absolute Gasteiger partial charge is 0.231 e. The second-order valence-electron chi connectivity index (χ2n) is 5.88. The van der Waals surface area contributed by atoms with Crippen LogP contribution in [0.2, 0.25) is 5.28 Å². The average Bonchev–Trinajstić information content (AvgIpc) is 2.92. The summed E-state index contributed by atoms with van der Waals surface area (Å²) in [6.45, 7) is 1.93. The summed E-state index contributed by atoms with van der Waals surface area (Å²) < 4.78 is 0. The molecule has 2 heterocycles. The van der Waals surface area contributed by atoms with Gasteiger partial charge in [0.2, 0.25) is 17.2 Å². The fraction of sp³-hybridized carbons (Fsp3) is 0.786. The molecule has 2 aliphatic rings. The van der Waals surface area contributed by atoms with E-state index < -0.39 is 0 Å². The van der Waals surface area contributed by atoms with Crippen molar-refractivity contribution in [1.82, 2.24) is 15.0 Å². The van der Waals surface area contributed by atoms with E-state index in [1.807, 2.05) is 0 Å². The second-order valence-corrected chi connectivity index (χ2v) is 6.22. The maximum Gasteiger partial charge on any atom is 0.231 e. The Labute approximate surface area is 130 Å². The Morgan fingerprint density at radius 3 is 2.57 bits per heavy atom. The molecule has 1 aromatic heterocycles. The van der Waals surface area contributed by atoms with Crippen LogP contribution in [0.1, 0.15) is 44.9 Å². The van der Waals surface area contributed by atoms with E-state index in [1.54, 1.807) is 0 Å². The van der Waals surface area contributed by atoms with Crippen molar-refractivity contribution in [3.8, 4) is 0 Å². The van der Waals surface area contributed by atoms with Crippen molar-refractivity contribution in [1.29, 1.82) is 0 Å². The van der Waals surface area contributed by atoms with E-state index in [4.69, 9.17) is 11.6 Å². The van der Waals surface area contributed by atoms with Gasteiger partial charge in [-0.05, 0) is 37.3 Å². The van der Waals surface area contributed by atoms with Crippen molar-refractivity contribution in [2.75, 3.05) is 23.3 Å². The zero-order chi connectivity index (χ0) is 14.7. The number of aliphatic hydroxyl groups excluding tert-OH is 1. The SMILES string of the molecule is OC1CCCCCC1Nc1nc(Cl)nc(N2CCCC2)n1. The van der Waals surface area contributed by atoms with Crippen molar-refractivity contribution < 1.29 is 5.11 Å². The minimum Gasteiger partial charge on any atom is -0.391 e. The molecule has 1 aromatic rings. The maximum absolute atomic E-state index is 10.2. The van der Waals surface area contributed by atoms with Crippen molar-refractivity contribution in [2.45, 2.75) is 57.1 Å². The Morgan fingerprint density at radius 2 is 1.76 bits per heavy atom. The standard InChI is InChI=1S/C14H22ClN5O/c15-12-17-13(16-10-6-2-1-3-7-11(10)21)19-14(18-12)20-8-4-5-9-20/h10-11,21H,1-9H2,(H,16,17,18,19). The number of nitrogens with zero attached hydrogens (tertiary/aromatic N) is 4. The highest BCUT2D eigenvalue weighted by Gasteiger charge is 2.23. The van der Waals surface area contributed by atoms with Gasteiger partial charge < -0.3 is 15.3 Å². The second kappa shape index (κ2) is 6.75. The number of aliphatic hydroxyl groups is 1. The van der Waals surface area contributed by atoms with Crippen LogP contribution in [0.3, 0.4) is 0 Å². The van der Waals surface area contributed by atoms with Crippen LogP contribution in [0.5, 0.6) is 0 Å². The summed E-state index contributed by atoms with van der Waals surface area (Å²) in [4.78, 5) is 15.0. The summed E-state index contributed by atoms with van der Waals surface area (Å²) >= 11 is 6.02. The minimum absolute atomic E-state index is 0.00241. The molecule has 1 aliphatic heterocycles. The molecule has 0 spiro atoms. The Bertz CT molecular complexity index is 480. The summed E-state index contributed by atoms with van der Waals surface area (Å²) in [6, 6.07) is -0.00241. The zero-order valence-electron chi connectivity index (χ0n) is 12.1. The molecule has 0 radical (unpaired) electrons. The number of hydrogen-bond acceptors (Lipinski definition) is 6. The van der Waals surface area contributed by atoms with Crippen LogP contribution in [0.25, 0.3) is 0 Å². The molecule has 2 unspecified atom stereocenters. The zero-order valence-corrected chi connectivity index (χ0v) is 12.9. The quantitative estimate of drug-likeness (QED) is 0.834. The largest absolute Gasteiger partial charge is 0.391 e. The van der Waals surface area contributed by atoms with E-state index in [0.717, 1.165) is 51.6 Å². The van der Waals surface area contributed by atoms with Crippen LogP contribution >= 0.6 is 11.6 Å². The van der Waals surface area contributed by atoms with Gasteiger partial charge in [0, 0.05) is 13.1 Å². The highest BCUT2D eigenvalue weighted by atomic mass is 35.5. The summed E-state index contributed by atoms with van der Waals surface area (Å²) in [6.07, 6.45) is 7.10. The van der Waals surface area contributed by atoms with Crippen LogP contribution in [0, 0.1) is 0 Å². The fourth-order valence-corrected chi connectivity index (χ4v) is 3.24. The number of hydrogen-bond donors (Lipinski definition) is 2. The van der Waals surface area contributed by atoms with E-state index in [-0.39, 0.29) is 17.4 Å². The molecule has 2 N–H and O–H groups in total. The van der Waals surface area contributed by atoms with Gasteiger partial charge in [-0.2, -0.15) is 15.0 Å². The van der Waals surface area contributed by atoms with Crippen molar-refractivity contribution in [2.24, 2.45) is 0 Å². The summed E-state index contributed by atoms with van der Waals surface area (Å²) in [7, 11) is 0. The van der Waals surface area contributed by atoms with E-state index in [0.29, 0.717) is 11.9 Å². The van der Waals surface area contributed by atoms with Gasteiger partial charge in [-0.25, -0.2) is 0 Å². The van der Waals surface area contributed by atoms with Gasteiger partial charge in [-0.3, -0.25) is 0 Å². The van der Waals surface area contributed by atoms with Crippen LogP contribution in [0.15, 0.2) is 0 Å². The van der Waals surface area contributed by atoms with Gasteiger partial charge >= 0.3 is 0 Å². The normalized spacial score (nSPS) is 26.7. The first-order valence-electron chi connectivity index (χ1n) is 7.83. The third-order valence-corrected chi connectivity index (χ3v) is 4.45. The maximum atomic E-state index is 10.2. The number of anilines is 2. The molecule has 116 valence electrons. The average molecular weight is 312 g/mol. The lowest BCUT2D eigenvalue weighted by Gasteiger charge is -2.22. The van der Waals surface area contributed by atoms with Gasteiger partial charge in [0.25, 0.3) is 0 Å². The van der Waals surface area contributed by atoms with Gasteiger partial charge in [0.15, 0.2) is 0 Å². The van der Waals surface area contributed by atoms with E-state index in [2.05, 4.69) is 25.2 Å². The van der Waals surface area contributed by atoms with Crippen molar-refractivity contribution in [3.63, 3.8) is 0 Å². The number of halogens is 1. The predicted octanol–water partition coefficient (Wildman–Crippen LogP) is 2.23. The predicted molar refractivity (Wildman–Crippen MR) is 82.8 cm³/mol. The van der Waals surface area contributed by atoms with Gasteiger partial charge in [-0.1, -0.05) is 19.3 Å². The van der Waals surface area contributed by atoms with Crippen LogP contribution < -0.4 is 10.2 Å². The molecule has 1 saturated heterocycles. The van der Waals surface area contributed by atoms with Gasteiger partial charge in [0.05, 0.1) is 12.1 Å². The molecular weight excluding hydrogens is 290 g/mol. The van der Waals surface area contributed by atoms with Crippen molar-refractivity contribution >= 4 is 23.5 Å². The monoisotopic (exact) mass is 311 g/mol. The molecule has 6 nitrogen and oxygen atoms in total. The molecule has 0 amide bonds. The lowest BCUT2D eigenvalue weighted by Crippen LogP contribution is -2.33. The van der Waals surface area contributed by atoms with Crippen molar-refractivity contribution in [3.05, 3.63) is 5.28 Å². The minimum atomic E-state index is -0.349. The molecule has 21 heavy (non-hydrogen) atoms. The Balaban J connectivity index is 1.74. The summed E-state index contributed by atoms with van der Waals surface area (Å²) in [5, 5.41) is 13.6. The van der Waals surface area contributed by atoms with E-state index >= 15 is 0 Å². The van der Waals surface area contributed by atoms with Gasteiger partial charge in [-0.15, -0.1) is 0 Å². The van der Waals surface area contributed by atoms with E-state index in [1.165, 1.54) is 6.42 Å². The first-order chi connectivity index (χ1) is 10.2. The fourth-order valence-electron chi connectivity index (χ4n) is 3.08. The number of rotatable bonds is 3. The molecule has 0 bridgehead atoms. The highest BCUT2D eigenvalue weighted by Crippen LogP contribution is 2.23. The summed E-state index contributed by atoms with van der Waals surface area (Å²) in [5.41, 5.74) is 0. The first-order valence-corrected chi connectivity index (χ1v) is 8.21. The third kappa shape index (κ3) is 3.74. The molecule has 2 fully saturated rings. The Morgan fingerprint density at radius 1 is 1.00 bits per heavy atom. The highest BCUT2D eigenvalue weighted by molar-refractivity contribution is 6.28. The van der Waals surface area contributed by atoms with Crippen LogP contribution in [-0.2, 0) is 0 Å². The topological polar surface area (TPSA) is 74.2 Å². The molecule has 0 aromatic carbocycles. The third-order valence-electron chi connectivity index (χ3n) is 4.28.